The molecule has 21 heavy (non-hydrogen) atoms. The molecule has 0 aliphatic heterocycles. The van der Waals surface area contributed by atoms with E-state index in [1.807, 2.05) is 49.4 Å². The first-order valence-corrected chi connectivity index (χ1v) is 8.01. The van der Waals surface area contributed by atoms with Crippen molar-refractivity contribution in [2.75, 3.05) is 5.73 Å². The molecular formula is C16H13Br2N3. The Morgan fingerprint density at radius 2 is 1.62 bits per heavy atom. The van der Waals surface area contributed by atoms with E-state index in [4.69, 9.17) is 5.73 Å². The van der Waals surface area contributed by atoms with Gasteiger partial charge in [-0.3, -0.25) is 0 Å². The topological polar surface area (TPSA) is 43.8 Å². The van der Waals surface area contributed by atoms with Crippen LogP contribution in [0.15, 0.2) is 57.5 Å². The lowest BCUT2D eigenvalue weighted by molar-refractivity contribution is 0.886. The van der Waals surface area contributed by atoms with Crippen LogP contribution in [0.2, 0.25) is 0 Å². The van der Waals surface area contributed by atoms with Gasteiger partial charge in [0.2, 0.25) is 0 Å². The molecule has 0 aliphatic carbocycles. The van der Waals surface area contributed by atoms with Crippen molar-refractivity contribution in [3.8, 4) is 16.9 Å². The van der Waals surface area contributed by atoms with Crippen LogP contribution in [0.25, 0.3) is 16.9 Å². The van der Waals surface area contributed by atoms with Gasteiger partial charge < -0.3 is 5.73 Å². The molecule has 0 aliphatic rings. The van der Waals surface area contributed by atoms with Crippen molar-refractivity contribution in [2.45, 2.75) is 6.92 Å². The van der Waals surface area contributed by atoms with E-state index < -0.39 is 0 Å². The number of anilines is 1. The number of aryl methyl sites for hydroxylation is 1. The normalized spacial score (nSPS) is 10.8. The number of hydrogen-bond acceptors (Lipinski definition) is 2. The molecule has 3 rings (SSSR count). The Labute approximate surface area is 140 Å². The van der Waals surface area contributed by atoms with Crippen LogP contribution in [-0.2, 0) is 0 Å². The second-order valence-electron chi connectivity index (χ2n) is 4.80. The van der Waals surface area contributed by atoms with Crippen LogP contribution in [0.5, 0.6) is 0 Å². The van der Waals surface area contributed by atoms with Gasteiger partial charge >= 0.3 is 0 Å². The van der Waals surface area contributed by atoms with E-state index in [0.717, 1.165) is 31.5 Å². The lowest BCUT2D eigenvalue weighted by atomic mass is 10.2. The van der Waals surface area contributed by atoms with Gasteiger partial charge in [0.1, 0.15) is 5.82 Å². The fourth-order valence-electron chi connectivity index (χ4n) is 2.21. The van der Waals surface area contributed by atoms with Gasteiger partial charge in [-0.1, -0.05) is 44.0 Å². The average Bonchev–Trinajstić information content (AvgIpc) is 2.81. The minimum Gasteiger partial charge on any atom is -0.384 e. The van der Waals surface area contributed by atoms with Gasteiger partial charge in [0.15, 0.2) is 0 Å². The highest BCUT2D eigenvalue weighted by atomic mass is 79.9. The summed E-state index contributed by atoms with van der Waals surface area (Å²) >= 11 is 6.91. The Morgan fingerprint density at radius 1 is 0.952 bits per heavy atom. The molecule has 0 amide bonds. The third-order valence-corrected chi connectivity index (χ3v) is 4.29. The van der Waals surface area contributed by atoms with Crippen LogP contribution < -0.4 is 5.73 Å². The Hall–Kier alpha value is -1.59. The van der Waals surface area contributed by atoms with Crippen LogP contribution in [0.4, 0.5) is 5.82 Å². The van der Waals surface area contributed by atoms with E-state index in [1.54, 1.807) is 4.68 Å². The predicted octanol–water partition coefficient (Wildman–Crippen LogP) is 4.95. The van der Waals surface area contributed by atoms with Crippen molar-refractivity contribution >= 4 is 37.7 Å². The molecule has 0 spiro atoms. The van der Waals surface area contributed by atoms with E-state index in [2.05, 4.69) is 43.0 Å². The number of rotatable bonds is 2. The first-order chi connectivity index (χ1) is 10.0. The summed E-state index contributed by atoms with van der Waals surface area (Å²) in [5.41, 5.74) is 10.1. The highest BCUT2D eigenvalue weighted by Gasteiger charge is 2.10. The molecule has 0 saturated carbocycles. The van der Waals surface area contributed by atoms with Crippen LogP contribution in [0.3, 0.4) is 0 Å². The van der Waals surface area contributed by atoms with Crippen LogP contribution in [-0.4, -0.2) is 9.78 Å². The summed E-state index contributed by atoms with van der Waals surface area (Å²) in [5, 5.41) is 4.63. The fourth-order valence-corrected chi connectivity index (χ4v) is 2.95. The molecule has 0 bridgehead atoms. The van der Waals surface area contributed by atoms with Gasteiger partial charge in [-0.25, -0.2) is 4.68 Å². The van der Waals surface area contributed by atoms with Crippen molar-refractivity contribution in [3.63, 3.8) is 0 Å². The number of benzene rings is 2. The van der Waals surface area contributed by atoms with Crippen molar-refractivity contribution in [1.82, 2.24) is 9.78 Å². The quantitative estimate of drug-likeness (QED) is 0.653. The minimum atomic E-state index is 0.623. The third kappa shape index (κ3) is 2.89. The van der Waals surface area contributed by atoms with Crippen molar-refractivity contribution in [2.24, 2.45) is 0 Å². The molecule has 3 aromatic rings. The molecule has 0 saturated heterocycles. The van der Waals surface area contributed by atoms with E-state index >= 15 is 0 Å². The van der Waals surface area contributed by atoms with Crippen molar-refractivity contribution in [1.29, 1.82) is 0 Å². The van der Waals surface area contributed by atoms with Crippen LogP contribution in [0.1, 0.15) is 5.56 Å². The summed E-state index contributed by atoms with van der Waals surface area (Å²) in [7, 11) is 0. The molecule has 0 atom stereocenters. The third-order valence-electron chi connectivity index (χ3n) is 3.26. The van der Waals surface area contributed by atoms with Gasteiger partial charge in [0, 0.05) is 20.6 Å². The number of nitrogens with two attached hydrogens (primary N) is 1. The summed E-state index contributed by atoms with van der Waals surface area (Å²) in [6.45, 7) is 2.04. The first-order valence-electron chi connectivity index (χ1n) is 6.42. The zero-order chi connectivity index (χ0) is 15.0. The molecule has 0 unspecified atom stereocenters. The highest BCUT2D eigenvalue weighted by molar-refractivity contribution is 9.10. The van der Waals surface area contributed by atoms with E-state index in [1.165, 1.54) is 0 Å². The van der Waals surface area contributed by atoms with Gasteiger partial charge in [0.25, 0.3) is 0 Å². The summed E-state index contributed by atoms with van der Waals surface area (Å²) in [5.74, 6) is 0.623. The molecule has 1 heterocycles. The summed E-state index contributed by atoms with van der Waals surface area (Å²) in [4.78, 5) is 0. The lowest BCUT2D eigenvalue weighted by Crippen LogP contribution is -2.03. The molecule has 0 fully saturated rings. The fraction of sp³-hybridized carbons (Fsp3) is 0.0625. The van der Waals surface area contributed by atoms with E-state index in [0.29, 0.717) is 5.82 Å². The van der Waals surface area contributed by atoms with Gasteiger partial charge in [-0.2, -0.15) is 5.10 Å². The van der Waals surface area contributed by atoms with E-state index in [-0.39, 0.29) is 0 Å². The zero-order valence-corrected chi connectivity index (χ0v) is 14.5. The largest absolute Gasteiger partial charge is 0.384 e. The van der Waals surface area contributed by atoms with Crippen LogP contribution in [0, 0.1) is 6.92 Å². The van der Waals surface area contributed by atoms with Gasteiger partial charge in [0.05, 0.1) is 11.4 Å². The molecule has 2 N–H and O–H groups in total. The predicted molar refractivity (Wildman–Crippen MR) is 93.5 cm³/mol. The summed E-state index contributed by atoms with van der Waals surface area (Å²) < 4.78 is 3.86. The SMILES string of the molecule is Cc1cc(Br)ccc1-n1nc(-c2ccc(Br)cc2)cc1N. The smallest absolute Gasteiger partial charge is 0.127 e. The standard InChI is InChI=1S/C16H13Br2N3/c1-10-8-13(18)6-7-15(10)21-16(19)9-14(20-21)11-2-4-12(17)5-3-11/h2-9H,19H2,1H3. The van der Waals surface area contributed by atoms with Crippen LogP contribution >= 0.6 is 31.9 Å². The second-order valence-corrected chi connectivity index (χ2v) is 6.64. The number of hydrogen-bond donors (Lipinski definition) is 1. The maximum Gasteiger partial charge on any atom is 0.127 e. The maximum absolute atomic E-state index is 6.13. The highest BCUT2D eigenvalue weighted by Crippen LogP contribution is 2.26. The molecule has 2 aromatic carbocycles. The molecule has 106 valence electrons. The Morgan fingerprint density at radius 3 is 2.29 bits per heavy atom. The minimum absolute atomic E-state index is 0.623. The zero-order valence-electron chi connectivity index (χ0n) is 11.3. The molecular weight excluding hydrogens is 394 g/mol. The Kier molecular flexibility index (Phi) is 3.87. The Balaban J connectivity index is 2.07. The van der Waals surface area contributed by atoms with Gasteiger partial charge in [-0.15, -0.1) is 0 Å². The number of halogens is 2. The Bertz CT molecular complexity index is 792. The lowest BCUT2D eigenvalue weighted by Gasteiger charge is -2.08. The van der Waals surface area contributed by atoms with Crippen molar-refractivity contribution in [3.05, 3.63) is 63.0 Å². The number of nitrogens with zero attached hydrogens (tertiary/aromatic N) is 2. The molecule has 0 radical (unpaired) electrons. The van der Waals surface area contributed by atoms with E-state index in [9.17, 15) is 0 Å². The molecule has 1 aromatic heterocycles. The van der Waals surface area contributed by atoms with Gasteiger partial charge in [-0.05, 0) is 42.8 Å². The number of nitrogen functional groups attached to an aromatic ring is 1. The number of aromatic nitrogens is 2. The second kappa shape index (κ2) is 5.66. The monoisotopic (exact) mass is 405 g/mol. The van der Waals surface area contributed by atoms with Crippen molar-refractivity contribution < 1.29 is 0 Å². The molecule has 3 nitrogen and oxygen atoms in total. The maximum atomic E-state index is 6.13. The summed E-state index contributed by atoms with van der Waals surface area (Å²) in [6, 6.07) is 16.0. The first kappa shape index (κ1) is 14.4. The summed E-state index contributed by atoms with van der Waals surface area (Å²) in [6.07, 6.45) is 0. The molecule has 5 heteroatoms. The average molecular weight is 407 g/mol.